The van der Waals surface area contributed by atoms with E-state index in [1.807, 2.05) is 18.2 Å². The highest BCUT2D eigenvalue weighted by Gasteiger charge is 2.16. The Bertz CT molecular complexity index is 882. The molecule has 6 nitrogen and oxygen atoms in total. The summed E-state index contributed by atoms with van der Waals surface area (Å²) in [7, 11) is -4.01. The molecule has 0 atom stereocenters. The van der Waals surface area contributed by atoms with E-state index >= 15 is 0 Å². The average molecular weight is 366 g/mol. The van der Waals surface area contributed by atoms with Crippen molar-refractivity contribution in [2.75, 3.05) is 5.43 Å². The van der Waals surface area contributed by atoms with Crippen molar-refractivity contribution in [1.29, 1.82) is 0 Å². The van der Waals surface area contributed by atoms with Crippen molar-refractivity contribution in [3.8, 4) is 0 Å². The van der Waals surface area contributed by atoms with Gasteiger partial charge in [-0.3, -0.25) is 15.6 Å². The molecule has 126 valence electrons. The number of nitrogens with two attached hydrogens (primary N) is 1. The third kappa shape index (κ3) is 4.35. The number of hydrogen-bond acceptors (Lipinski definition) is 4. The maximum absolute atomic E-state index is 12.2. The molecule has 0 bridgehead atoms. The van der Waals surface area contributed by atoms with Gasteiger partial charge in [0.05, 0.1) is 10.7 Å². The minimum absolute atomic E-state index is 0.0432. The van der Waals surface area contributed by atoms with E-state index in [0.717, 1.165) is 11.6 Å². The first kappa shape index (κ1) is 18.0. The minimum atomic E-state index is -4.01. The molecule has 0 aliphatic rings. The molecule has 8 heteroatoms. The lowest BCUT2D eigenvalue weighted by Crippen LogP contribution is -2.30. The van der Waals surface area contributed by atoms with E-state index in [1.165, 1.54) is 12.1 Å². The van der Waals surface area contributed by atoms with E-state index in [1.54, 1.807) is 12.1 Å². The Morgan fingerprint density at radius 1 is 1.25 bits per heavy atom. The lowest BCUT2D eigenvalue weighted by atomic mass is 10.1. The predicted octanol–water partition coefficient (Wildman–Crippen LogP) is 2.47. The molecular formula is C16H16ClN3O3S. The van der Waals surface area contributed by atoms with Crippen molar-refractivity contribution in [3.05, 3.63) is 71.3 Å². The number of benzene rings is 2. The Labute approximate surface area is 145 Å². The predicted molar refractivity (Wildman–Crippen MR) is 94.3 cm³/mol. The normalized spacial score (nSPS) is 10.9. The van der Waals surface area contributed by atoms with E-state index in [0.29, 0.717) is 12.1 Å². The van der Waals surface area contributed by atoms with Crippen molar-refractivity contribution in [1.82, 2.24) is 5.43 Å². The second-order valence-corrected chi connectivity index (χ2v) is 6.86. The molecule has 1 amide bonds. The van der Waals surface area contributed by atoms with Crippen LogP contribution in [0.4, 0.5) is 5.69 Å². The van der Waals surface area contributed by atoms with Gasteiger partial charge in [0.15, 0.2) is 0 Å². The summed E-state index contributed by atoms with van der Waals surface area (Å²) in [5, 5.41) is 5.03. The van der Waals surface area contributed by atoms with E-state index in [2.05, 4.69) is 17.4 Å². The number of para-hydroxylation sites is 1. The topological polar surface area (TPSA) is 101 Å². The van der Waals surface area contributed by atoms with Crippen molar-refractivity contribution < 1.29 is 13.2 Å². The van der Waals surface area contributed by atoms with E-state index in [9.17, 15) is 13.2 Å². The van der Waals surface area contributed by atoms with Gasteiger partial charge in [-0.25, -0.2) is 13.6 Å². The lowest BCUT2D eigenvalue weighted by molar-refractivity contribution is 0.0962. The van der Waals surface area contributed by atoms with Gasteiger partial charge in [0.2, 0.25) is 10.0 Å². The summed E-state index contributed by atoms with van der Waals surface area (Å²) in [5.41, 5.74) is 7.09. The van der Waals surface area contributed by atoms with Crippen LogP contribution in [0.1, 0.15) is 15.9 Å². The molecule has 0 aliphatic heterocycles. The summed E-state index contributed by atoms with van der Waals surface area (Å²) < 4.78 is 22.9. The largest absolute Gasteiger partial charge is 0.298 e. The van der Waals surface area contributed by atoms with Crippen LogP contribution >= 0.6 is 11.6 Å². The first-order valence-electron chi connectivity index (χ1n) is 6.90. The second kappa shape index (κ2) is 7.48. The van der Waals surface area contributed by atoms with Crippen molar-refractivity contribution in [2.45, 2.75) is 11.3 Å². The van der Waals surface area contributed by atoms with Gasteiger partial charge in [0.1, 0.15) is 4.90 Å². The number of carbonyl (C=O) groups is 1. The fourth-order valence-corrected chi connectivity index (χ4v) is 3.11. The smallest absolute Gasteiger partial charge is 0.269 e. The van der Waals surface area contributed by atoms with Gasteiger partial charge in [-0.2, -0.15) is 0 Å². The molecule has 0 saturated carbocycles. The number of hydrazine groups is 1. The number of halogens is 1. The van der Waals surface area contributed by atoms with Crippen LogP contribution < -0.4 is 16.0 Å². The maximum Gasteiger partial charge on any atom is 0.269 e. The molecule has 0 heterocycles. The van der Waals surface area contributed by atoms with Crippen molar-refractivity contribution in [3.63, 3.8) is 0 Å². The molecule has 4 N–H and O–H groups in total. The molecule has 0 saturated heterocycles. The number of carbonyl (C=O) groups excluding carboxylic acids is 1. The SMILES string of the molecule is C=CCc1ccccc1NNC(=O)c1ccc(Cl)c(S(N)(=O)=O)c1. The molecule has 24 heavy (non-hydrogen) atoms. The highest BCUT2D eigenvalue weighted by molar-refractivity contribution is 7.89. The average Bonchev–Trinajstić information content (AvgIpc) is 2.53. The first-order valence-corrected chi connectivity index (χ1v) is 8.83. The van der Waals surface area contributed by atoms with E-state index < -0.39 is 15.9 Å². The number of primary sulfonamides is 1. The maximum atomic E-state index is 12.2. The highest BCUT2D eigenvalue weighted by atomic mass is 35.5. The monoisotopic (exact) mass is 365 g/mol. The summed E-state index contributed by atoms with van der Waals surface area (Å²) in [6.45, 7) is 3.68. The van der Waals surface area contributed by atoms with Crippen molar-refractivity contribution >= 4 is 33.2 Å². The van der Waals surface area contributed by atoms with E-state index in [-0.39, 0.29) is 15.5 Å². The Morgan fingerprint density at radius 2 is 1.96 bits per heavy atom. The molecule has 0 radical (unpaired) electrons. The summed E-state index contributed by atoms with van der Waals surface area (Å²) in [6.07, 6.45) is 2.38. The molecule has 0 spiro atoms. The van der Waals surface area contributed by atoms with Crippen LogP contribution in [0, 0.1) is 0 Å². The van der Waals surface area contributed by atoms with Gasteiger partial charge in [0, 0.05) is 5.56 Å². The number of rotatable bonds is 6. The van der Waals surface area contributed by atoms with Crippen LogP contribution in [0.3, 0.4) is 0 Å². The van der Waals surface area contributed by atoms with Crippen LogP contribution in [-0.2, 0) is 16.4 Å². The molecule has 0 fully saturated rings. The zero-order chi connectivity index (χ0) is 17.7. The Morgan fingerprint density at radius 3 is 2.62 bits per heavy atom. The Balaban J connectivity index is 2.18. The number of anilines is 1. The van der Waals surface area contributed by atoms with Crippen LogP contribution in [0.5, 0.6) is 0 Å². The molecule has 0 aromatic heterocycles. The molecule has 2 rings (SSSR count). The minimum Gasteiger partial charge on any atom is -0.298 e. The molecule has 0 unspecified atom stereocenters. The van der Waals surface area contributed by atoms with Gasteiger partial charge >= 0.3 is 0 Å². The number of allylic oxidation sites excluding steroid dienone is 1. The summed E-state index contributed by atoms with van der Waals surface area (Å²) in [6, 6.07) is 11.2. The Kier molecular flexibility index (Phi) is 5.61. The van der Waals surface area contributed by atoms with Gasteiger partial charge in [0.25, 0.3) is 5.91 Å². The van der Waals surface area contributed by atoms with Gasteiger partial charge in [-0.05, 0) is 36.2 Å². The van der Waals surface area contributed by atoms with Gasteiger partial charge in [-0.15, -0.1) is 6.58 Å². The van der Waals surface area contributed by atoms with Crippen molar-refractivity contribution in [2.24, 2.45) is 5.14 Å². The second-order valence-electron chi connectivity index (χ2n) is 4.92. The Hall–Kier alpha value is -2.35. The fourth-order valence-electron chi connectivity index (χ4n) is 2.03. The zero-order valence-corrected chi connectivity index (χ0v) is 14.2. The quantitative estimate of drug-likeness (QED) is 0.540. The number of sulfonamides is 1. The van der Waals surface area contributed by atoms with Crippen LogP contribution in [0.15, 0.2) is 60.0 Å². The zero-order valence-electron chi connectivity index (χ0n) is 12.6. The highest BCUT2D eigenvalue weighted by Crippen LogP contribution is 2.21. The fraction of sp³-hybridized carbons (Fsp3) is 0.0625. The van der Waals surface area contributed by atoms with Gasteiger partial charge < -0.3 is 0 Å². The summed E-state index contributed by atoms with van der Waals surface area (Å²) in [5.74, 6) is -0.523. The van der Waals surface area contributed by atoms with Gasteiger partial charge in [-0.1, -0.05) is 35.9 Å². The number of hydrogen-bond donors (Lipinski definition) is 3. The third-order valence-electron chi connectivity index (χ3n) is 3.19. The molecule has 2 aromatic rings. The first-order chi connectivity index (χ1) is 11.3. The van der Waals surface area contributed by atoms with E-state index in [4.69, 9.17) is 16.7 Å². The molecular weight excluding hydrogens is 350 g/mol. The van der Waals surface area contributed by atoms with Crippen LogP contribution in [0.2, 0.25) is 5.02 Å². The molecule has 2 aromatic carbocycles. The number of nitrogens with one attached hydrogen (secondary N) is 2. The standard InChI is InChI=1S/C16H16ClN3O3S/c1-2-5-11-6-3-4-7-14(11)19-20-16(21)12-8-9-13(17)15(10-12)24(18,22)23/h2-4,6-10,19H,1,5H2,(H,20,21)(H2,18,22,23). The third-order valence-corrected chi connectivity index (χ3v) is 4.58. The summed E-state index contributed by atoms with van der Waals surface area (Å²) in [4.78, 5) is 11.9. The lowest BCUT2D eigenvalue weighted by Gasteiger charge is -2.12. The van der Waals surface area contributed by atoms with Crippen LogP contribution in [-0.4, -0.2) is 14.3 Å². The molecule has 0 aliphatic carbocycles. The number of amides is 1. The van der Waals surface area contributed by atoms with Crippen LogP contribution in [0.25, 0.3) is 0 Å². The summed E-state index contributed by atoms with van der Waals surface area (Å²) >= 11 is 5.80.